The van der Waals surface area contributed by atoms with Crippen molar-refractivity contribution in [3.05, 3.63) is 0 Å². The van der Waals surface area contributed by atoms with Crippen LogP contribution in [0.15, 0.2) is 0 Å². The van der Waals surface area contributed by atoms with Crippen LogP contribution in [0.5, 0.6) is 0 Å². The summed E-state index contributed by atoms with van der Waals surface area (Å²) in [5, 5.41) is 17.7. The molecule has 1 aliphatic heterocycles. The Labute approximate surface area is 93.8 Å². The Balaban J connectivity index is 2.81. The van der Waals surface area contributed by atoms with Crippen LogP contribution in [-0.2, 0) is 33.7 Å². The van der Waals surface area contributed by atoms with Crippen molar-refractivity contribution in [2.75, 3.05) is 0 Å². The van der Waals surface area contributed by atoms with Gasteiger partial charge in [-0.05, 0) is 0 Å². The molecule has 0 aromatic rings. The molecule has 0 aliphatic carbocycles. The second kappa shape index (κ2) is 5.25. The highest BCUT2D eigenvalue weighted by Crippen LogP contribution is 2.08. The van der Waals surface area contributed by atoms with Crippen molar-refractivity contribution in [1.82, 2.24) is 0 Å². The number of hydrogen-bond donors (Lipinski definition) is 2. The lowest BCUT2D eigenvalue weighted by Crippen LogP contribution is -2.37. The van der Waals surface area contributed by atoms with Crippen molar-refractivity contribution in [3.63, 3.8) is 0 Å². The number of aliphatic hydroxyl groups excluding tert-OH is 1. The maximum atomic E-state index is 11.1. The summed E-state index contributed by atoms with van der Waals surface area (Å²) in [6.45, 7) is 0. The van der Waals surface area contributed by atoms with Crippen LogP contribution < -0.4 is 0 Å². The van der Waals surface area contributed by atoms with Crippen molar-refractivity contribution < 1.29 is 43.9 Å². The molecule has 0 amide bonds. The van der Waals surface area contributed by atoms with E-state index < -0.39 is 48.9 Å². The van der Waals surface area contributed by atoms with Gasteiger partial charge in [0.05, 0.1) is 12.8 Å². The fraction of sp³-hybridized carbons (Fsp3) is 0.500. The van der Waals surface area contributed by atoms with Crippen molar-refractivity contribution in [1.29, 1.82) is 0 Å². The highest BCUT2D eigenvalue weighted by Gasteiger charge is 2.33. The molecule has 0 spiro atoms. The monoisotopic (exact) mass is 248 g/mol. The van der Waals surface area contributed by atoms with Crippen molar-refractivity contribution in [2.45, 2.75) is 25.0 Å². The number of aliphatic hydroxyl groups is 1. The van der Waals surface area contributed by atoms with Gasteiger partial charge in [-0.15, -0.1) is 0 Å². The van der Waals surface area contributed by atoms with Gasteiger partial charge in [-0.25, -0.2) is 29.0 Å². The number of carboxylic acid groups (broad SMARTS) is 1. The largest absolute Gasteiger partial charge is 0.478 e. The van der Waals surface area contributed by atoms with E-state index in [-0.39, 0.29) is 0 Å². The Bertz CT molecular complexity index is 360. The molecule has 0 bridgehead atoms. The topological polar surface area (TPSA) is 136 Å². The molecular formula is C8H8O9. The molecule has 2 atom stereocenters. The number of carboxylic acids is 1. The zero-order valence-electron chi connectivity index (χ0n) is 8.32. The molecule has 1 saturated heterocycles. The van der Waals surface area contributed by atoms with Gasteiger partial charge >= 0.3 is 23.9 Å². The maximum absolute atomic E-state index is 11.1. The maximum Gasteiger partial charge on any atom is 0.359 e. The van der Waals surface area contributed by atoms with Gasteiger partial charge in [0.25, 0.3) is 0 Å². The third-order valence-electron chi connectivity index (χ3n) is 1.75. The van der Waals surface area contributed by atoms with E-state index in [1.165, 1.54) is 0 Å². The van der Waals surface area contributed by atoms with Crippen LogP contribution in [0.25, 0.3) is 0 Å². The highest BCUT2D eigenvalue weighted by atomic mass is 17.2. The van der Waals surface area contributed by atoms with E-state index in [2.05, 4.69) is 14.5 Å². The third kappa shape index (κ3) is 3.72. The molecule has 9 nitrogen and oxygen atoms in total. The Morgan fingerprint density at radius 3 is 2.18 bits per heavy atom. The van der Waals surface area contributed by atoms with Crippen LogP contribution in [0, 0.1) is 0 Å². The van der Waals surface area contributed by atoms with Crippen molar-refractivity contribution >= 4 is 23.9 Å². The van der Waals surface area contributed by atoms with Crippen LogP contribution in [0.1, 0.15) is 12.8 Å². The Morgan fingerprint density at radius 1 is 1.12 bits per heavy atom. The van der Waals surface area contributed by atoms with Gasteiger partial charge < -0.3 is 14.9 Å². The summed E-state index contributed by atoms with van der Waals surface area (Å²) in [6.07, 6.45) is -5.32. The standard InChI is InChI=1S/C8H8O9/c9-3-1-5(10)16-17-6(11)2-4(7(12)13)15-8(3)14/h3-4,9H,1-2H2,(H,12,13). The fourth-order valence-corrected chi connectivity index (χ4v) is 0.952. The minimum absolute atomic E-state index is 0.807. The number of hydrogen-bond acceptors (Lipinski definition) is 8. The van der Waals surface area contributed by atoms with Crippen molar-refractivity contribution in [3.8, 4) is 0 Å². The summed E-state index contributed by atoms with van der Waals surface area (Å²) in [5.74, 6) is -5.26. The minimum Gasteiger partial charge on any atom is -0.478 e. The third-order valence-corrected chi connectivity index (χ3v) is 1.75. The molecule has 1 rings (SSSR count). The Morgan fingerprint density at radius 2 is 1.65 bits per heavy atom. The molecule has 1 aliphatic rings. The molecule has 0 saturated carbocycles. The minimum atomic E-state index is -1.87. The molecule has 17 heavy (non-hydrogen) atoms. The van der Waals surface area contributed by atoms with Crippen molar-refractivity contribution in [2.24, 2.45) is 0 Å². The summed E-state index contributed by atoms with van der Waals surface area (Å²) < 4.78 is 4.32. The van der Waals surface area contributed by atoms with Gasteiger partial charge in [-0.1, -0.05) is 0 Å². The van der Waals surface area contributed by atoms with E-state index in [1.807, 2.05) is 0 Å². The lowest BCUT2D eigenvalue weighted by molar-refractivity contribution is -0.262. The molecule has 2 unspecified atom stereocenters. The molecule has 9 heteroatoms. The van der Waals surface area contributed by atoms with Crippen LogP contribution >= 0.6 is 0 Å². The molecule has 0 radical (unpaired) electrons. The van der Waals surface area contributed by atoms with E-state index in [0.29, 0.717) is 0 Å². The lowest BCUT2D eigenvalue weighted by Gasteiger charge is -2.16. The first-order valence-electron chi connectivity index (χ1n) is 4.41. The summed E-state index contributed by atoms with van der Waals surface area (Å²) in [5.41, 5.74) is 0. The molecule has 0 aromatic carbocycles. The predicted octanol–water partition coefficient (Wildman–Crippen LogP) is -1.86. The average Bonchev–Trinajstić information content (AvgIpc) is 2.24. The first-order valence-corrected chi connectivity index (χ1v) is 4.41. The number of rotatable bonds is 1. The number of ether oxygens (including phenoxy) is 1. The van der Waals surface area contributed by atoms with Gasteiger partial charge in [0.15, 0.2) is 6.10 Å². The van der Waals surface area contributed by atoms with E-state index in [4.69, 9.17) is 10.2 Å². The summed E-state index contributed by atoms with van der Waals surface area (Å²) in [7, 11) is 0. The lowest BCUT2D eigenvalue weighted by atomic mass is 10.2. The van der Waals surface area contributed by atoms with Crippen LogP contribution in [-0.4, -0.2) is 46.3 Å². The zero-order chi connectivity index (χ0) is 13.0. The Hall–Kier alpha value is -2.16. The number of cyclic esters (lactones) is 1. The number of carbonyl (C=O) groups excluding carboxylic acids is 3. The molecule has 94 valence electrons. The molecule has 2 N–H and O–H groups in total. The van der Waals surface area contributed by atoms with E-state index >= 15 is 0 Å². The van der Waals surface area contributed by atoms with Gasteiger partial charge in [0, 0.05) is 0 Å². The normalized spacial score (nSPS) is 26.5. The first-order chi connectivity index (χ1) is 7.90. The smallest absolute Gasteiger partial charge is 0.359 e. The van der Waals surface area contributed by atoms with Gasteiger partial charge in [0.2, 0.25) is 6.10 Å². The van der Waals surface area contributed by atoms with E-state index in [9.17, 15) is 19.2 Å². The SMILES string of the molecule is O=C1CC(O)C(=O)OC(C(=O)O)CC(=O)OO1. The fourth-order valence-electron chi connectivity index (χ4n) is 0.952. The molecule has 1 heterocycles. The molecule has 0 aromatic heterocycles. The van der Waals surface area contributed by atoms with Crippen LogP contribution in [0.3, 0.4) is 0 Å². The number of esters is 1. The summed E-state index contributed by atoms with van der Waals surface area (Å²) in [6, 6.07) is 0. The second-order valence-corrected chi connectivity index (χ2v) is 3.10. The first kappa shape index (κ1) is 12.9. The van der Waals surface area contributed by atoms with E-state index in [0.717, 1.165) is 0 Å². The quantitative estimate of drug-likeness (QED) is 0.404. The number of aliphatic carboxylic acids is 1. The zero-order valence-corrected chi connectivity index (χ0v) is 8.32. The second-order valence-electron chi connectivity index (χ2n) is 3.10. The van der Waals surface area contributed by atoms with Gasteiger partial charge in [0.1, 0.15) is 0 Å². The molecule has 1 fully saturated rings. The summed E-state index contributed by atoms with van der Waals surface area (Å²) in [4.78, 5) is 51.3. The highest BCUT2D eigenvalue weighted by molar-refractivity contribution is 5.87. The average molecular weight is 248 g/mol. The predicted molar refractivity (Wildman–Crippen MR) is 44.9 cm³/mol. The number of carbonyl (C=O) groups is 4. The van der Waals surface area contributed by atoms with Crippen LogP contribution in [0.2, 0.25) is 0 Å². The summed E-state index contributed by atoms with van der Waals surface area (Å²) >= 11 is 0. The van der Waals surface area contributed by atoms with Gasteiger partial charge in [-0.3, -0.25) is 0 Å². The molecular weight excluding hydrogens is 240 g/mol. The Kier molecular flexibility index (Phi) is 3.99. The van der Waals surface area contributed by atoms with Gasteiger partial charge in [-0.2, -0.15) is 0 Å². The van der Waals surface area contributed by atoms with E-state index in [1.54, 1.807) is 0 Å². The van der Waals surface area contributed by atoms with Crippen LogP contribution in [0.4, 0.5) is 0 Å².